The second kappa shape index (κ2) is 5.89. The van der Waals surface area contributed by atoms with Crippen LogP contribution in [0, 0.1) is 22.7 Å². The zero-order chi connectivity index (χ0) is 13.7. The fourth-order valence-corrected chi connectivity index (χ4v) is 1.99. The SMILES string of the molecule is CN(C)C(=O)CSc1nc(N)c(C#N)cc1C#N. The van der Waals surface area contributed by atoms with E-state index in [0.717, 1.165) is 11.8 Å². The molecule has 1 amide bonds. The summed E-state index contributed by atoms with van der Waals surface area (Å²) in [7, 11) is 3.29. The molecule has 0 aliphatic heterocycles. The van der Waals surface area contributed by atoms with Crippen molar-refractivity contribution in [2.45, 2.75) is 5.03 Å². The molecule has 7 heteroatoms. The van der Waals surface area contributed by atoms with Crippen molar-refractivity contribution in [3.8, 4) is 12.1 Å². The van der Waals surface area contributed by atoms with Gasteiger partial charge in [-0.3, -0.25) is 4.79 Å². The summed E-state index contributed by atoms with van der Waals surface area (Å²) in [5, 5.41) is 18.1. The third-order valence-electron chi connectivity index (χ3n) is 2.09. The zero-order valence-corrected chi connectivity index (χ0v) is 10.8. The first-order valence-corrected chi connectivity index (χ1v) is 5.91. The van der Waals surface area contributed by atoms with Crippen LogP contribution in [0.5, 0.6) is 0 Å². The van der Waals surface area contributed by atoms with Gasteiger partial charge < -0.3 is 10.6 Å². The summed E-state index contributed by atoms with van der Waals surface area (Å²) in [5.74, 6) is 0.143. The van der Waals surface area contributed by atoms with Crippen LogP contribution in [0.3, 0.4) is 0 Å². The molecule has 0 saturated carbocycles. The number of aromatic nitrogens is 1. The number of nitrogens with two attached hydrogens (primary N) is 1. The van der Waals surface area contributed by atoms with Gasteiger partial charge in [0.05, 0.1) is 16.9 Å². The molecule has 92 valence electrons. The predicted octanol–water partition coefficient (Wildman–Crippen LogP) is 0.587. The molecule has 0 bridgehead atoms. The Morgan fingerprint density at radius 3 is 2.56 bits per heavy atom. The Balaban J connectivity index is 2.97. The van der Waals surface area contributed by atoms with E-state index in [1.165, 1.54) is 11.0 Å². The van der Waals surface area contributed by atoms with Crippen molar-refractivity contribution < 1.29 is 4.79 Å². The van der Waals surface area contributed by atoms with E-state index in [2.05, 4.69) is 4.98 Å². The Morgan fingerprint density at radius 1 is 1.44 bits per heavy atom. The van der Waals surface area contributed by atoms with Gasteiger partial charge in [-0.1, -0.05) is 11.8 Å². The summed E-state index contributed by atoms with van der Waals surface area (Å²) in [6, 6.07) is 5.17. The lowest BCUT2D eigenvalue weighted by molar-refractivity contribution is -0.125. The number of hydrogen-bond donors (Lipinski definition) is 1. The Morgan fingerprint density at radius 2 is 2.06 bits per heavy atom. The minimum Gasteiger partial charge on any atom is -0.383 e. The van der Waals surface area contributed by atoms with Gasteiger partial charge in [-0.2, -0.15) is 10.5 Å². The first kappa shape index (κ1) is 13.8. The molecule has 0 fully saturated rings. The van der Waals surface area contributed by atoms with Crippen molar-refractivity contribution in [3.05, 3.63) is 17.2 Å². The van der Waals surface area contributed by atoms with E-state index in [9.17, 15) is 4.79 Å². The fraction of sp³-hybridized carbons (Fsp3) is 0.273. The molecule has 1 aromatic rings. The maximum atomic E-state index is 11.4. The number of rotatable bonds is 3. The average Bonchev–Trinajstić information content (AvgIpc) is 2.35. The molecule has 1 heterocycles. The molecule has 0 spiro atoms. The van der Waals surface area contributed by atoms with Gasteiger partial charge in [-0.05, 0) is 6.07 Å². The quantitative estimate of drug-likeness (QED) is 0.798. The third kappa shape index (κ3) is 3.12. The van der Waals surface area contributed by atoms with Crippen LogP contribution in [-0.4, -0.2) is 35.6 Å². The lowest BCUT2D eigenvalue weighted by Crippen LogP contribution is -2.23. The number of hydrogen-bond acceptors (Lipinski definition) is 6. The highest BCUT2D eigenvalue weighted by atomic mass is 32.2. The Hall–Kier alpha value is -2.25. The summed E-state index contributed by atoms with van der Waals surface area (Å²) < 4.78 is 0. The third-order valence-corrected chi connectivity index (χ3v) is 3.07. The van der Waals surface area contributed by atoms with Crippen LogP contribution in [0.4, 0.5) is 5.82 Å². The van der Waals surface area contributed by atoms with E-state index in [4.69, 9.17) is 16.3 Å². The Labute approximate surface area is 109 Å². The molecular weight excluding hydrogens is 250 g/mol. The number of carbonyl (C=O) groups excluding carboxylic acids is 1. The van der Waals surface area contributed by atoms with E-state index in [-0.39, 0.29) is 28.6 Å². The smallest absolute Gasteiger partial charge is 0.232 e. The average molecular weight is 261 g/mol. The highest BCUT2D eigenvalue weighted by molar-refractivity contribution is 8.00. The van der Waals surface area contributed by atoms with Gasteiger partial charge in [-0.25, -0.2) is 4.98 Å². The topological polar surface area (TPSA) is 107 Å². The molecule has 6 nitrogen and oxygen atoms in total. The molecular formula is C11H11N5OS. The summed E-state index contributed by atoms with van der Waals surface area (Å²) in [6.45, 7) is 0. The Kier molecular flexibility index (Phi) is 4.52. The monoisotopic (exact) mass is 261 g/mol. The van der Waals surface area contributed by atoms with Gasteiger partial charge >= 0.3 is 0 Å². The number of thioether (sulfide) groups is 1. The molecule has 0 unspecified atom stereocenters. The van der Waals surface area contributed by atoms with Gasteiger partial charge in [0.25, 0.3) is 0 Å². The van der Waals surface area contributed by atoms with Crippen molar-refractivity contribution in [2.24, 2.45) is 0 Å². The van der Waals surface area contributed by atoms with Gasteiger partial charge in [0.15, 0.2) is 0 Å². The fourth-order valence-electron chi connectivity index (χ4n) is 1.05. The minimum absolute atomic E-state index is 0.0660. The van der Waals surface area contributed by atoms with E-state index in [1.54, 1.807) is 14.1 Å². The van der Waals surface area contributed by atoms with Gasteiger partial charge in [0.2, 0.25) is 5.91 Å². The zero-order valence-electron chi connectivity index (χ0n) is 9.97. The van der Waals surface area contributed by atoms with Crippen LogP contribution in [0.2, 0.25) is 0 Å². The first-order valence-electron chi connectivity index (χ1n) is 4.93. The number of carbonyl (C=O) groups is 1. The maximum absolute atomic E-state index is 11.4. The number of pyridine rings is 1. The standard InChI is InChI=1S/C11H11N5OS/c1-16(2)9(17)6-18-11-8(5-13)3-7(4-12)10(14)15-11/h3H,6H2,1-2H3,(H2,14,15). The lowest BCUT2D eigenvalue weighted by atomic mass is 10.2. The second-order valence-electron chi connectivity index (χ2n) is 3.57. The molecule has 0 saturated heterocycles. The van der Waals surface area contributed by atoms with Gasteiger partial charge in [-0.15, -0.1) is 0 Å². The Bertz CT molecular complexity index is 556. The largest absolute Gasteiger partial charge is 0.383 e. The van der Waals surface area contributed by atoms with Crippen molar-refractivity contribution in [1.29, 1.82) is 10.5 Å². The molecule has 0 radical (unpaired) electrons. The number of amides is 1. The first-order chi connectivity index (χ1) is 8.49. The van der Waals surface area contributed by atoms with Gasteiger partial charge in [0.1, 0.15) is 23.0 Å². The maximum Gasteiger partial charge on any atom is 0.232 e. The van der Waals surface area contributed by atoms with Crippen LogP contribution in [0.1, 0.15) is 11.1 Å². The van der Waals surface area contributed by atoms with Crippen molar-refractivity contribution in [3.63, 3.8) is 0 Å². The molecule has 0 aliphatic rings. The van der Waals surface area contributed by atoms with Crippen LogP contribution < -0.4 is 5.73 Å². The molecule has 0 atom stereocenters. The van der Waals surface area contributed by atoms with Crippen molar-refractivity contribution >= 4 is 23.5 Å². The summed E-state index contributed by atoms with van der Waals surface area (Å²) >= 11 is 1.13. The van der Waals surface area contributed by atoms with E-state index in [1.807, 2.05) is 12.1 Å². The van der Waals surface area contributed by atoms with Crippen LogP contribution in [0.15, 0.2) is 11.1 Å². The number of nitrogens with zero attached hydrogens (tertiary/aromatic N) is 4. The normalized spacial score (nSPS) is 9.33. The highest BCUT2D eigenvalue weighted by Gasteiger charge is 2.12. The number of nitrogen functional groups attached to an aromatic ring is 1. The summed E-state index contributed by atoms with van der Waals surface area (Å²) in [6.07, 6.45) is 0. The molecule has 1 rings (SSSR count). The van der Waals surface area contributed by atoms with Crippen LogP contribution >= 0.6 is 11.8 Å². The summed E-state index contributed by atoms with van der Waals surface area (Å²) in [5.41, 5.74) is 5.98. The number of anilines is 1. The van der Waals surface area contributed by atoms with Crippen LogP contribution in [-0.2, 0) is 4.79 Å². The molecule has 18 heavy (non-hydrogen) atoms. The van der Waals surface area contributed by atoms with E-state index >= 15 is 0 Å². The lowest BCUT2D eigenvalue weighted by Gasteiger charge is -2.10. The number of nitriles is 2. The predicted molar refractivity (Wildman–Crippen MR) is 67.5 cm³/mol. The van der Waals surface area contributed by atoms with Crippen molar-refractivity contribution in [2.75, 3.05) is 25.6 Å². The van der Waals surface area contributed by atoms with E-state index in [0.29, 0.717) is 5.03 Å². The van der Waals surface area contributed by atoms with Gasteiger partial charge in [0, 0.05) is 14.1 Å². The second-order valence-corrected chi connectivity index (χ2v) is 4.54. The highest BCUT2D eigenvalue weighted by Crippen LogP contribution is 2.23. The molecule has 0 aliphatic carbocycles. The minimum atomic E-state index is -0.0892. The van der Waals surface area contributed by atoms with E-state index < -0.39 is 0 Å². The molecule has 0 aromatic carbocycles. The molecule has 1 aromatic heterocycles. The summed E-state index contributed by atoms with van der Waals surface area (Å²) in [4.78, 5) is 16.9. The molecule has 2 N–H and O–H groups in total. The van der Waals surface area contributed by atoms with Crippen molar-refractivity contribution in [1.82, 2.24) is 9.88 Å². The van der Waals surface area contributed by atoms with Crippen LogP contribution in [0.25, 0.3) is 0 Å².